The van der Waals surface area contributed by atoms with Crippen molar-refractivity contribution < 1.29 is 4.79 Å². The molecule has 1 N–H and O–H groups in total. The van der Waals surface area contributed by atoms with Crippen LogP contribution in [0.15, 0.2) is 65.7 Å². The first-order chi connectivity index (χ1) is 11.3. The van der Waals surface area contributed by atoms with Crippen LogP contribution in [0, 0.1) is 10.7 Å². The second-order valence-electron chi connectivity index (χ2n) is 5.08. The summed E-state index contributed by atoms with van der Waals surface area (Å²) in [6, 6.07) is 17.4. The highest BCUT2D eigenvalue weighted by molar-refractivity contribution is 8.03. The molecule has 0 radical (unpaired) electrons. The highest BCUT2D eigenvalue weighted by Crippen LogP contribution is 2.19. The minimum atomic E-state index is -0.0246. The molecule has 0 bridgehead atoms. The van der Waals surface area contributed by atoms with Gasteiger partial charge in [0.1, 0.15) is 5.40 Å². The summed E-state index contributed by atoms with van der Waals surface area (Å²) < 4.78 is 2.08. The zero-order valence-corrected chi connectivity index (χ0v) is 13.2. The molecule has 23 heavy (non-hydrogen) atoms. The average Bonchev–Trinajstić information content (AvgIpc) is 2.98. The van der Waals surface area contributed by atoms with E-state index in [1.807, 2.05) is 48.0 Å². The van der Waals surface area contributed by atoms with Crippen molar-refractivity contribution in [3.05, 3.63) is 60.8 Å². The summed E-state index contributed by atoms with van der Waals surface area (Å²) >= 11 is 1.10. The Bertz CT molecular complexity index is 862. The molecular weight excluding hydrogens is 306 g/mol. The van der Waals surface area contributed by atoms with Crippen LogP contribution in [-0.4, -0.2) is 10.5 Å². The largest absolute Gasteiger partial charge is 0.347 e. The summed E-state index contributed by atoms with van der Waals surface area (Å²) in [5.74, 6) is -0.0246. The lowest BCUT2D eigenvalue weighted by atomic mass is 10.2. The molecule has 0 aliphatic heterocycles. The molecule has 0 fully saturated rings. The van der Waals surface area contributed by atoms with Crippen LogP contribution in [0.4, 0.5) is 5.69 Å². The average molecular weight is 321 g/mol. The lowest BCUT2D eigenvalue weighted by Gasteiger charge is -2.07. The number of thiocyanates is 1. The Morgan fingerprint density at radius 1 is 1.13 bits per heavy atom. The van der Waals surface area contributed by atoms with Crippen LogP contribution in [0.1, 0.15) is 6.42 Å². The molecule has 0 saturated carbocycles. The van der Waals surface area contributed by atoms with Crippen molar-refractivity contribution in [2.45, 2.75) is 17.9 Å². The fraction of sp³-hybridized carbons (Fsp3) is 0.111. The van der Waals surface area contributed by atoms with Crippen molar-refractivity contribution in [1.82, 2.24) is 4.57 Å². The van der Waals surface area contributed by atoms with Crippen molar-refractivity contribution in [1.29, 1.82) is 5.26 Å². The number of anilines is 1. The third-order valence-corrected chi connectivity index (χ3v) is 4.16. The maximum Gasteiger partial charge on any atom is 0.226 e. The van der Waals surface area contributed by atoms with E-state index in [9.17, 15) is 4.79 Å². The Hall–Kier alpha value is -2.71. The van der Waals surface area contributed by atoms with Crippen LogP contribution >= 0.6 is 11.8 Å². The molecule has 5 heteroatoms. The van der Waals surface area contributed by atoms with Crippen LogP contribution in [0.5, 0.6) is 0 Å². The monoisotopic (exact) mass is 321 g/mol. The summed E-state index contributed by atoms with van der Waals surface area (Å²) in [6.07, 6.45) is 2.42. The third kappa shape index (κ3) is 3.74. The summed E-state index contributed by atoms with van der Waals surface area (Å²) in [7, 11) is 0. The Kier molecular flexibility index (Phi) is 4.65. The zero-order chi connectivity index (χ0) is 16.1. The number of para-hydroxylation sites is 1. The Balaban J connectivity index is 1.58. The van der Waals surface area contributed by atoms with Crippen LogP contribution < -0.4 is 5.32 Å². The highest BCUT2D eigenvalue weighted by Gasteiger charge is 2.05. The van der Waals surface area contributed by atoms with Crippen molar-refractivity contribution >= 4 is 34.3 Å². The predicted molar refractivity (Wildman–Crippen MR) is 93.1 cm³/mol. The van der Waals surface area contributed by atoms with Gasteiger partial charge in [-0.3, -0.25) is 4.79 Å². The molecular formula is C18H15N3OS. The van der Waals surface area contributed by atoms with Crippen LogP contribution in [0.25, 0.3) is 10.9 Å². The molecule has 1 amide bonds. The number of benzene rings is 2. The second-order valence-corrected chi connectivity index (χ2v) is 5.94. The van der Waals surface area contributed by atoms with Crippen molar-refractivity contribution in [3.8, 4) is 5.40 Å². The molecule has 0 aliphatic carbocycles. The van der Waals surface area contributed by atoms with Gasteiger partial charge in [-0.2, -0.15) is 5.26 Å². The quantitative estimate of drug-likeness (QED) is 0.565. The summed E-state index contributed by atoms with van der Waals surface area (Å²) in [5.41, 5.74) is 1.88. The maximum absolute atomic E-state index is 12.1. The highest BCUT2D eigenvalue weighted by atomic mass is 32.2. The number of thioether (sulfide) groups is 1. The van der Waals surface area contributed by atoms with Gasteiger partial charge in [0.05, 0.1) is 0 Å². The standard InChI is InChI=1S/C18H15N3OS/c19-13-23-16-7-5-15(6-8-16)20-18(22)10-12-21-11-9-14-3-1-2-4-17(14)21/h1-9,11H,10,12H2,(H,20,22). The van der Waals surface area contributed by atoms with Gasteiger partial charge >= 0.3 is 0 Å². The second kappa shape index (κ2) is 7.03. The number of amides is 1. The molecule has 1 heterocycles. The number of rotatable bonds is 5. The number of carbonyl (C=O) groups is 1. The smallest absolute Gasteiger partial charge is 0.226 e. The Labute approximate surface area is 138 Å². The molecule has 0 atom stereocenters. The molecule has 4 nitrogen and oxygen atoms in total. The minimum Gasteiger partial charge on any atom is -0.347 e. The van der Waals surface area contributed by atoms with Gasteiger partial charge in [0, 0.05) is 35.3 Å². The van der Waals surface area contributed by atoms with E-state index < -0.39 is 0 Å². The maximum atomic E-state index is 12.1. The number of fused-ring (bicyclic) bond motifs is 1. The summed E-state index contributed by atoms with van der Waals surface area (Å²) in [4.78, 5) is 12.9. The zero-order valence-electron chi connectivity index (χ0n) is 12.4. The first-order valence-corrected chi connectivity index (χ1v) is 8.07. The molecule has 1 aromatic heterocycles. The van der Waals surface area contributed by atoms with E-state index in [2.05, 4.69) is 28.1 Å². The number of hydrogen-bond donors (Lipinski definition) is 1. The normalized spacial score (nSPS) is 10.4. The third-order valence-electron chi connectivity index (χ3n) is 3.56. The van der Waals surface area contributed by atoms with Gasteiger partial charge in [-0.05, 0) is 53.5 Å². The molecule has 2 aromatic carbocycles. The lowest BCUT2D eigenvalue weighted by Crippen LogP contribution is -2.14. The van der Waals surface area contributed by atoms with E-state index >= 15 is 0 Å². The topological polar surface area (TPSA) is 57.8 Å². The minimum absolute atomic E-state index is 0.0246. The fourth-order valence-corrected chi connectivity index (χ4v) is 2.82. The summed E-state index contributed by atoms with van der Waals surface area (Å²) in [5, 5.41) is 14.7. The van der Waals surface area contributed by atoms with Crippen molar-refractivity contribution in [2.75, 3.05) is 5.32 Å². The van der Waals surface area contributed by atoms with Gasteiger partial charge in [0.15, 0.2) is 0 Å². The van der Waals surface area contributed by atoms with Gasteiger partial charge in [-0.15, -0.1) is 0 Å². The van der Waals surface area contributed by atoms with E-state index in [-0.39, 0.29) is 5.91 Å². The molecule has 0 aliphatic rings. The van der Waals surface area contributed by atoms with E-state index in [1.165, 1.54) is 5.39 Å². The van der Waals surface area contributed by atoms with Crippen molar-refractivity contribution in [2.24, 2.45) is 0 Å². The van der Waals surface area contributed by atoms with Crippen LogP contribution in [0.3, 0.4) is 0 Å². The van der Waals surface area contributed by atoms with Gasteiger partial charge in [-0.25, -0.2) is 0 Å². The van der Waals surface area contributed by atoms with E-state index in [0.717, 1.165) is 27.9 Å². The number of nitriles is 1. The van der Waals surface area contributed by atoms with Gasteiger partial charge in [0.25, 0.3) is 0 Å². The Morgan fingerprint density at radius 3 is 2.70 bits per heavy atom. The Morgan fingerprint density at radius 2 is 1.91 bits per heavy atom. The first kappa shape index (κ1) is 15.2. The molecule has 3 aromatic rings. The number of aromatic nitrogens is 1. The number of carbonyl (C=O) groups excluding carboxylic acids is 1. The van der Waals surface area contributed by atoms with E-state index in [0.29, 0.717) is 13.0 Å². The van der Waals surface area contributed by atoms with Gasteiger partial charge in [0.2, 0.25) is 5.91 Å². The molecule has 0 spiro atoms. The lowest BCUT2D eigenvalue weighted by molar-refractivity contribution is -0.116. The number of nitrogens with one attached hydrogen (secondary N) is 1. The SMILES string of the molecule is N#CSc1ccc(NC(=O)CCn2ccc3ccccc32)cc1. The van der Waals surface area contributed by atoms with E-state index in [4.69, 9.17) is 5.26 Å². The number of nitrogens with zero attached hydrogens (tertiary/aromatic N) is 2. The first-order valence-electron chi connectivity index (χ1n) is 7.26. The summed E-state index contributed by atoms with van der Waals surface area (Å²) in [6.45, 7) is 0.641. The predicted octanol–water partition coefficient (Wildman–Crippen LogP) is 4.24. The molecule has 0 unspecified atom stereocenters. The van der Waals surface area contributed by atoms with Crippen LogP contribution in [0.2, 0.25) is 0 Å². The molecule has 0 saturated heterocycles. The van der Waals surface area contributed by atoms with Crippen LogP contribution in [-0.2, 0) is 11.3 Å². The van der Waals surface area contributed by atoms with E-state index in [1.54, 1.807) is 0 Å². The number of aryl methyl sites for hydroxylation is 1. The fourth-order valence-electron chi connectivity index (χ4n) is 2.44. The molecule has 114 valence electrons. The van der Waals surface area contributed by atoms with Crippen molar-refractivity contribution in [3.63, 3.8) is 0 Å². The van der Waals surface area contributed by atoms with Gasteiger partial charge < -0.3 is 9.88 Å². The van der Waals surface area contributed by atoms with Gasteiger partial charge in [-0.1, -0.05) is 18.2 Å². The number of hydrogen-bond acceptors (Lipinski definition) is 3. The molecule has 3 rings (SSSR count).